The van der Waals surface area contributed by atoms with Crippen LogP contribution in [0.1, 0.15) is 19.4 Å². The molecule has 6 heteroatoms. The largest absolute Gasteiger partial charge is 0.448 e. The summed E-state index contributed by atoms with van der Waals surface area (Å²) in [4.78, 5) is 37.8. The molecule has 0 radical (unpaired) electrons. The van der Waals surface area contributed by atoms with Gasteiger partial charge in [-0.05, 0) is 30.7 Å². The van der Waals surface area contributed by atoms with E-state index in [2.05, 4.69) is 5.32 Å². The molecule has 2 aromatic carbocycles. The molecular formula is C21H22N2O4. The fourth-order valence-corrected chi connectivity index (χ4v) is 2.38. The summed E-state index contributed by atoms with van der Waals surface area (Å²) in [7, 11) is 1.61. The molecule has 1 atom stereocenters. The van der Waals surface area contributed by atoms with Crippen molar-refractivity contribution in [3.63, 3.8) is 0 Å². The summed E-state index contributed by atoms with van der Waals surface area (Å²) in [6.07, 6.45) is 0.484. The number of esters is 1. The Morgan fingerprint density at radius 1 is 1.00 bits per heavy atom. The van der Waals surface area contributed by atoms with E-state index in [0.29, 0.717) is 5.69 Å². The van der Waals surface area contributed by atoms with Gasteiger partial charge in [-0.1, -0.05) is 48.5 Å². The van der Waals surface area contributed by atoms with Gasteiger partial charge < -0.3 is 15.0 Å². The lowest BCUT2D eigenvalue weighted by atomic mass is 10.2. The third-order valence-corrected chi connectivity index (χ3v) is 3.75. The average Bonchev–Trinajstić information content (AvgIpc) is 2.67. The van der Waals surface area contributed by atoms with Gasteiger partial charge in [-0.15, -0.1) is 0 Å². The molecule has 0 aromatic heterocycles. The van der Waals surface area contributed by atoms with Gasteiger partial charge in [0, 0.05) is 19.7 Å². The maximum absolute atomic E-state index is 12.5. The van der Waals surface area contributed by atoms with Gasteiger partial charge in [-0.2, -0.15) is 0 Å². The zero-order valence-corrected chi connectivity index (χ0v) is 15.5. The predicted octanol–water partition coefficient (Wildman–Crippen LogP) is 2.76. The maximum atomic E-state index is 12.5. The number of benzene rings is 2. The third-order valence-electron chi connectivity index (χ3n) is 3.75. The Balaban J connectivity index is 2.12. The van der Waals surface area contributed by atoms with E-state index < -0.39 is 18.0 Å². The number of hydrogen-bond acceptors (Lipinski definition) is 4. The van der Waals surface area contributed by atoms with E-state index in [0.717, 1.165) is 5.56 Å². The van der Waals surface area contributed by atoms with Gasteiger partial charge in [0.2, 0.25) is 5.91 Å². The van der Waals surface area contributed by atoms with Crippen LogP contribution in [-0.4, -0.2) is 30.9 Å². The first-order valence-corrected chi connectivity index (χ1v) is 8.46. The van der Waals surface area contributed by atoms with Crippen LogP contribution in [0.4, 0.5) is 5.69 Å². The van der Waals surface area contributed by atoms with E-state index >= 15 is 0 Å². The van der Waals surface area contributed by atoms with Crippen molar-refractivity contribution in [1.82, 2.24) is 5.32 Å². The van der Waals surface area contributed by atoms with Crippen molar-refractivity contribution in [2.45, 2.75) is 20.0 Å². The van der Waals surface area contributed by atoms with Crippen LogP contribution in [0, 0.1) is 0 Å². The number of anilines is 1. The average molecular weight is 366 g/mol. The van der Waals surface area contributed by atoms with Crippen LogP contribution in [0.15, 0.2) is 66.4 Å². The van der Waals surface area contributed by atoms with Crippen LogP contribution >= 0.6 is 0 Å². The van der Waals surface area contributed by atoms with E-state index in [-0.39, 0.29) is 11.6 Å². The standard InChI is InChI=1S/C21H22N2O4/c1-15(20(25)23(3)18-12-8-5-9-13-18)27-21(26)19(22-16(2)24)14-17-10-6-4-7-11-17/h4-15H,1-3H3,(H,22,24)/b19-14+/t15-/m0/s1. The smallest absolute Gasteiger partial charge is 0.355 e. The molecule has 2 amide bonds. The fraction of sp³-hybridized carbons (Fsp3) is 0.190. The second-order valence-electron chi connectivity index (χ2n) is 5.93. The lowest BCUT2D eigenvalue weighted by Gasteiger charge is -2.22. The first-order valence-electron chi connectivity index (χ1n) is 8.46. The van der Waals surface area contributed by atoms with Crippen molar-refractivity contribution in [2.24, 2.45) is 0 Å². The van der Waals surface area contributed by atoms with E-state index in [1.54, 1.807) is 31.3 Å². The molecule has 0 saturated carbocycles. The van der Waals surface area contributed by atoms with Gasteiger partial charge in [0.15, 0.2) is 6.10 Å². The highest BCUT2D eigenvalue weighted by Gasteiger charge is 2.24. The van der Waals surface area contributed by atoms with Crippen LogP contribution in [-0.2, 0) is 19.1 Å². The van der Waals surface area contributed by atoms with Crippen molar-refractivity contribution in [3.8, 4) is 0 Å². The molecule has 0 aliphatic rings. The number of rotatable bonds is 6. The van der Waals surface area contributed by atoms with Crippen molar-refractivity contribution in [1.29, 1.82) is 0 Å². The fourth-order valence-electron chi connectivity index (χ4n) is 2.38. The quantitative estimate of drug-likeness (QED) is 0.630. The number of amides is 2. The number of likely N-dealkylation sites (N-methyl/N-ethyl adjacent to an activating group) is 1. The number of nitrogens with zero attached hydrogens (tertiary/aromatic N) is 1. The highest BCUT2D eigenvalue weighted by atomic mass is 16.5. The maximum Gasteiger partial charge on any atom is 0.355 e. The normalized spacial score (nSPS) is 12.0. The van der Waals surface area contributed by atoms with Crippen LogP contribution < -0.4 is 10.2 Å². The number of carbonyl (C=O) groups is 3. The zero-order valence-electron chi connectivity index (χ0n) is 15.5. The Bertz CT molecular complexity index is 832. The van der Waals surface area contributed by atoms with Crippen molar-refractivity contribution in [3.05, 3.63) is 71.9 Å². The second kappa shape index (κ2) is 9.33. The summed E-state index contributed by atoms with van der Waals surface area (Å²) >= 11 is 0. The third kappa shape index (κ3) is 5.81. The Morgan fingerprint density at radius 3 is 2.11 bits per heavy atom. The summed E-state index contributed by atoms with van der Waals surface area (Å²) < 4.78 is 5.28. The minimum atomic E-state index is -1.02. The van der Waals surface area contributed by atoms with Crippen LogP contribution in [0.2, 0.25) is 0 Å². The van der Waals surface area contributed by atoms with Crippen molar-refractivity contribution < 1.29 is 19.1 Å². The lowest BCUT2D eigenvalue weighted by Crippen LogP contribution is -2.39. The number of nitrogens with one attached hydrogen (secondary N) is 1. The molecule has 2 aromatic rings. The first-order chi connectivity index (χ1) is 12.9. The first kappa shape index (κ1) is 19.9. The Kier molecular flexibility index (Phi) is 6.88. The molecular weight excluding hydrogens is 344 g/mol. The number of para-hydroxylation sites is 1. The predicted molar refractivity (Wildman–Crippen MR) is 104 cm³/mol. The van der Waals surface area contributed by atoms with E-state index in [4.69, 9.17) is 4.74 Å². The molecule has 0 unspecified atom stereocenters. The topological polar surface area (TPSA) is 75.7 Å². The summed E-state index contributed by atoms with van der Waals surface area (Å²) in [5.41, 5.74) is 1.38. The Labute approximate surface area is 158 Å². The molecule has 0 aliphatic carbocycles. The van der Waals surface area contributed by atoms with Gasteiger partial charge in [-0.3, -0.25) is 9.59 Å². The number of carbonyl (C=O) groups excluding carboxylic acids is 3. The molecule has 1 N–H and O–H groups in total. The summed E-state index contributed by atoms with van der Waals surface area (Å²) in [6.45, 7) is 2.79. The Morgan fingerprint density at radius 2 is 1.56 bits per heavy atom. The second-order valence-corrected chi connectivity index (χ2v) is 5.93. The molecule has 140 valence electrons. The molecule has 2 rings (SSSR count). The highest BCUT2D eigenvalue weighted by molar-refractivity contribution is 6.01. The number of hydrogen-bond donors (Lipinski definition) is 1. The van der Waals surface area contributed by atoms with Crippen LogP contribution in [0.25, 0.3) is 6.08 Å². The van der Waals surface area contributed by atoms with Crippen molar-refractivity contribution >= 4 is 29.5 Å². The van der Waals surface area contributed by atoms with Gasteiger partial charge in [-0.25, -0.2) is 4.79 Å². The minimum Gasteiger partial charge on any atom is -0.448 e. The summed E-state index contributed by atoms with van der Waals surface area (Å²) in [6, 6.07) is 18.1. The van der Waals surface area contributed by atoms with Crippen molar-refractivity contribution in [2.75, 3.05) is 11.9 Å². The molecule has 0 saturated heterocycles. The van der Waals surface area contributed by atoms with Gasteiger partial charge in [0.1, 0.15) is 5.70 Å². The van der Waals surface area contributed by atoms with Gasteiger partial charge in [0.25, 0.3) is 5.91 Å². The molecule has 0 fully saturated rings. The Hall–Kier alpha value is -3.41. The summed E-state index contributed by atoms with van der Waals surface area (Å²) in [5, 5.41) is 2.46. The molecule has 6 nitrogen and oxygen atoms in total. The molecule has 27 heavy (non-hydrogen) atoms. The SMILES string of the molecule is CC(=O)N/C(=C/c1ccccc1)C(=O)O[C@@H](C)C(=O)N(C)c1ccccc1. The lowest BCUT2D eigenvalue weighted by molar-refractivity contribution is -0.150. The molecule has 0 heterocycles. The molecule has 0 aliphatic heterocycles. The summed E-state index contributed by atoms with van der Waals surface area (Å²) in [5.74, 6) is -1.57. The van der Waals surface area contributed by atoms with Crippen LogP contribution in [0.3, 0.4) is 0 Å². The van der Waals surface area contributed by atoms with Gasteiger partial charge in [0.05, 0.1) is 0 Å². The van der Waals surface area contributed by atoms with E-state index in [1.807, 2.05) is 36.4 Å². The number of ether oxygens (including phenoxy) is 1. The monoisotopic (exact) mass is 366 g/mol. The minimum absolute atomic E-state index is 0.0317. The highest BCUT2D eigenvalue weighted by Crippen LogP contribution is 2.14. The van der Waals surface area contributed by atoms with Crippen LogP contribution in [0.5, 0.6) is 0 Å². The van der Waals surface area contributed by atoms with E-state index in [9.17, 15) is 14.4 Å². The van der Waals surface area contributed by atoms with E-state index in [1.165, 1.54) is 24.8 Å². The molecule has 0 spiro atoms. The van der Waals surface area contributed by atoms with Gasteiger partial charge >= 0.3 is 5.97 Å². The zero-order chi connectivity index (χ0) is 19.8. The molecule has 0 bridgehead atoms.